The number of ether oxygens (including phenoxy) is 2. The average molecular weight is 270 g/mol. The van der Waals surface area contributed by atoms with Crippen LogP contribution >= 0.6 is 0 Å². The van der Waals surface area contributed by atoms with E-state index < -0.39 is 18.1 Å². The lowest BCUT2D eigenvalue weighted by molar-refractivity contribution is -0.155. The van der Waals surface area contributed by atoms with Crippen LogP contribution in [0.4, 0.5) is 8.78 Å². The fraction of sp³-hybridized carbons (Fsp3) is 0.500. The fourth-order valence-corrected chi connectivity index (χ4v) is 2.37. The predicted octanol–water partition coefficient (Wildman–Crippen LogP) is 2.39. The first-order valence-electron chi connectivity index (χ1n) is 6.26. The van der Waals surface area contributed by atoms with Crippen LogP contribution in [0.1, 0.15) is 18.4 Å². The number of halogens is 2. The van der Waals surface area contributed by atoms with Gasteiger partial charge in [0.1, 0.15) is 19.1 Å². The molecule has 104 valence electrons. The molecule has 0 unspecified atom stereocenters. The molecule has 0 aliphatic carbocycles. The van der Waals surface area contributed by atoms with Crippen LogP contribution in [0, 0.1) is 5.82 Å². The Labute approximate surface area is 110 Å². The maximum atomic E-state index is 13.0. The van der Waals surface area contributed by atoms with Gasteiger partial charge >= 0.3 is 5.97 Å². The van der Waals surface area contributed by atoms with Crippen LogP contribution in [0.3, 0.4) is 0 Å². The quantitative estimate of drug-likeness (QED) is 0.788. The highest BCUT2D eigenvalue weighted by Crippen LogP contribution is 2.36. The van der Waals surface area contributed by atoms with Gasteiger partial charge in [0.05, 0.1) is 5.41 Å². The molecule has 0 saturated carbocycles. The molecule has 5 heteroatoms. The molecule has 19 heavy (non-hydrogen) atoms. The molecule has 3 nitrogen and oxygen atoms in total. The van der Waals surface area contributed by atoms with Gasteiger partial charge in [-0.3, -0.25) is 4.79 Å². The van der Waals surface area contributed by atoms with Crippen molar-refractivity contribution in [2.24, 2.45) is 0 Å². The fourth-order valence-electron chi connectivity index (χ4n) is 2.37. The maximum absolute atomic E-state index is 13.0. The molecule has 0 aromatic heterocycles. The molecule has 2 rings (SSSR count). The van der Waals surface area contributed by atoms with Gasteiger partial charge in [0.15, 0.2) is 0 Å². The van der Waals surface area contributed by atoms with Gasteiger partial charge in [-0.1, -0.05) is 12.1 Å². The Bertz CT molecular complexity index is 425. The Morgan fingerprint density at radius 2 is 1.89 bits per heavy atom. The Kier molecular flexibility index (Phi) is 4.47. The van der Waals surface area contributed by atoms with Gasteiger partial charge in [-0.15, -0.1) is 0 Å². The minimum atomic E-state index is -0.846. The first-order valence-corrected chi connectivity index (χ1v) is 6.26. The summed E-state index contributed by atoms with van der Waals surface area (Å²) in [5, 5.41) is 0. The zero-order valence-electron chi connectivity index (χ0n) is 10.5. The van der Waals surface area contributed by atoms with Crippen LogP contribution in [0.25, 0.3) is 0 Å². The number of carbonyl (C=O) groups is 1. The summed E-state index contributed by atoms with van der Waals surface area (Å²) in [4.78, 5) is 12.2. The van der Waals surface area contributed by atoms with Crippen molar-refractivity contribution >= 4 is 5.97 Å². The summed E-state index contributed by atoms with van der Waals surface area (Å²) >= 11 is 0. The third-order valence-corrected chi connectivity index (χ3v) is 3.44. The van der Waals surface area contributed by atoms with Crippen molar-refractivity contribution in [3.8, 4) is 0 Å². The van der Waals surface area contributed by atoms with Crippen LogP contribution in [0.2, 0.25) is 0 Å². The number of esters is 1. The van der Waals surface area contributed by atoms with Gasteiger partial charge in [-0.05, 0) is 30.5 Å². The third-order valence-electron chi connectivity index (χ3n) is 3.44. The molecule has 1 aromatic rings. The van der Waals surface area contributed by atoms with Crippen molar-refractivity contribution < 1.29 is 23.0 Å². The molecule has 1 fully saturated rings. The van der Waals surface area contributed by atoms with Crippen LogP contribution in [0.5, 0.6) is 0 Å². The first-order chi connectivity index (χ1) is 9.19. The van der Waals surface area contributed by atoms with Crippen molar-refractivity contribution in [3.05, 3.63) is 35.6 Å². The number of carbonyl (C=O) groups excluding carboxylic acids is 1. The SMILES string of the molecule is O=C(OCCF)C1(c2ccc(F)cc2)CCOCC1. The summed E-state index contributed by atoms with van der Waals surface area (Å²) in [6.07, 6.45) is 0.924. The maximum Gasteiger partial charge on any atom is 0.316 e. The largest absolute Gasteiger partial charge is 0.462 e. The predicted molar refractivity (Wildman–Crippen MR) is 65.1 cm³/mol. The van der Waals surface area contributed by atoms with Gasteiger partial charge < -0.3 is 9.47 Å². The second-order valence-corrected chi connectivity index (χ2v) is 4.53. The lowest BCUT2D eigenvalue weighted by atomic mass is 9.74. The second-order valence-electron chi connectivity index (χ2n) is 4.53. The number of benzene rings is 1. The molecule has 0 radical (unpaired) electrons. The highest BCUT2D eigenvalue weighted by Gasteiger charge is 2.43. The van der Waals surface area contributed by atoms with Crippen molar-refractivity contribution in [3.63, 3.8) is 0 Å². The number of hydrogen-bond donors (Lipinski definition) is 0. The van der Waals surface area contributed by atoms with Gasteiger partial charge in [0, 0.05) is 13.2 Å². The van der Waals surface area contributed by atoms with Crippen LogP contribution in [-0.2, 0) is 19.7 Å². The molecule has 0 amide bonds. The molecule has 0 bridgehead atoms. The molecule has 1 aliphatic heterocycles. The van der Waals surface area contributed by atoms with E-state index in [1.165, 1.54) is 12.1 Å². The summed E-state index contributed by atoms with van der Waals surface area (Å²) < 4.78 is 35.4. The number of alkyl halides is 1. The lowest BCUT2D eigenvalue weighted by Crippen LogP contribution is -2.42. The van der Waals surface area contributed by atoms with Gasteiger partial charge in [0.2, 0.25) is 0 Å². The van der Waals surface area contributed by atoms with E-state index in [0.29, 0.717) is 31.6 Å². The normalized spacial score (nSPS) is 18.0. The Morgan fingerprint density at radius 3 is 2.47 bits per heavy atom. The minimum Gasteiger partial charge on any atom is -0.462 e. The Balaban J connectivity index is 2.28. The summed E-state index contributed by atoms with van der Waals surface area (Å²) in [5.74, 6) is -0.817. The van der Waals surface area contributed by atoms with E-state index in [1.54, 1.807) is 12.1 Å². The molecule has 1 saturated heterocycles. The average Bonchev–Trinajstić information content (AvgIpc) is 2.46. The topological polar surface area (TPSA) is 35.5 Å². The third kappa shape index (κ3) is 2.92. The lowest BCUT2D eigenvalue weighted by Gasteiger charge is -2.35. The monoisotopic (exact) mass is 270 g/mol. The zero-order valence-corrected chi connectivity index (χ0v) is 10.5. The van der Waals surface area contributed by atoms with Crippen molar-refractivity contribution in [2.75, 3.05) is 26.5 Å². The number of rotatable bonds is 4. The van der Waals surface area contributed by atoms with E-state index in [-0.39, 0.29) is 12.4 Å². The van der Waals surface area contributed by atoms with Crippen LogP contribution < -0.4 is 0 Å². The van der Waals surface area contributed by atoms with E-state index >= 15 is 0 Å². The van der Waals surface area contributed by atoms with Crippen molar-refractivity contribution in [1.82, 2.24) is 0 Å². The molecule has 0 N–H and O–H groups in total. The molecule has 1 aliphatic rings. The minimum absolute atomic E-state index is 0.247. The Hall–Kier alpha value is -1.49. The standard InChI is InChI=1S/C14H16F2O3/c15-7-10-19-13(17)14(5-8-18-9-6-14)11-1-3-12(16)4-2-11/h1-4H,5-10H2. The summed E-state index contributed by atoms with van der Waals surface area (Å²) in [7, 11) is 0. The zero-order chi connectivity index (χ0) is 13.7. The molecular weight excluding hydrogens is 254 g/mol. The molecule has 0 atom stereocenters. The van der Waals surface area contributed by atoms with Gasteiger partial charge in [0.25, 0.3) is 0 Å². The smallest absolute Gasteiger partial charge is 0.316 e. The highest BCUT2D eigenvalue weighted by atomic mass is 19.1. The number of hydrogen-bond acceptors (Lipinski definition) is 3. The van der Waals surface area contributed by atoms with E-state index in [4.69, 9.17) is 9.47 Å². The molecular formula is C14H16F2O3. The van der Waals surface area contributed by atoms with E-state index in [9.17, 15) is 13.6 Å². The summed E-state index contributed by atoms with van der Waals surface area (Å²) in [5.41, 5.74) is -0.151. The van der Waals surface area contributed by atoms with E-state index in [1.807, 2.05) is 0 Å². The summed E-state index contributed by atoms with van der Waals surface area (Å²) in [6.45, 7) is -0.0887. The van der Waals surface area contributed by atoms with Crippen LogP contribution in [0.15, 0.2) is 24.3 Å². The van der Waals surface area contributed by atoms with Crippen molar-refractivity contribution in [2.45, 2.75) is 18.3 Å². The molecule has 1 aromatic carbocycles. The molecule has 1 heterocycles. The second kappa shape index (κ2) is 6.10. The van der Waals surface area contributed by atoms with E-state index in [2.05, 4.69) is 0 Å². The first kappa shape index (κ1) is 13.9. The van der Waals surface area contributed by atoms with Gasteiger partial charge in [-0.25, -0.2) is 8.78 Å². The van der Waals surface area contributed by atoms with Crippen LogP contribution in [-0.4, -0.2) is 32.5 Å². The van der Waals surface area contributed by atoms with Crippen molar-refractivity contribution in [1.29, 1.82) is 0 Å². The van der Waals surface area contributed by atoms with Gasteiger partial charge in [-0.2, -0.15) is 0 Å². The summed E-state index contributed by atoms with van der Waals surface area (Å²) in [6, 6.07) is 5.79. The van der Waals surface area contributed by atoms with E-state index in [0.717, 1.165) is 0 Å². The Morgan fingerprint density at radius 1 is 1.26 bits per heavy atom. The molecule has 0 spiro atoms. The highest BCUT2D eigenvalue weighted by molar-refractivity contribution is 5.83.